The zero-order valence-corrected chi connectivity index (χ0v) is 10.1. The van der Waals surface area contributed by atoms with Crippen LogP contribution in [0.1, 0.15) is 31.5 Å². The molecule has 0 fully saturated rings. The predicted octanol–water partition coefficient (Wildman–Crippen LogP) is 1.58. The molecule has 4 nitrogen and oxygen atoms in total. The Bertz CT molecular complexity index is 349. The molecule has 0 aromatic carbocycles. The second-order valence-electron chi connectivity index (χ2n) is 4.68. The molecular formula is C12H20N4. The van der Waals surface area contributed by atoms with E-state index in [1.807, 2.05) is 0 Å². The van der Waals surface area contributed by atoms with Crippen LogP contribution in [0.3, 0.4) is 0 Å². The molecule has 2 rings (SSSR count). The van der Waals surface area contributed by atoms with Gasteiger partial charge >= 0.3 is 0 Å². The SMILES string of the molecule is CC(C)CCNc1ncnc2c1CNCC2. The van der Waals surface area contributed by atoms with Gasteiger partial charge in [-0.2, -0.15) is 0 Å². The third-order valence-corrected chi connectivity index (χ3v) is 2.89. The summed E-state index contributed by atoms with van der Waals surface area (Å²) >= 11 is 0. The molecule has 0 aliphatic carbocycles. The molecule has 0 spiro atoms. The van der Waals surface area contributed by atoms with E-state index in [1.165, 1.54) is 17.7 Å². The van der Waals surface area contributed by atoms with Gasteiger partial charge in [0.05, 0.1) is 5.69 Å². The van der Waals surface area contributed by atoms with Crippen molar-refractivity contribution >= 4 is 5.82 Å². The molecule has 0 radical (unpaired) electrons. The van der Waals surface area contributed by atoms with E-state index >= 15 is 0 Å². The van der Waals surface area contributed by atoms with Crippen LogP contribution in [0.5, 0.6) is 0 Å². The van der Waals surface area contributed by atoms with Crippen molar-refractivity contribution in [1.82, 2.24) is 15.3 Å². The summed E-state index contributed by atoms with van der Waals surface area (Å²) in [6.07, 6.45) is 3.85. The van der Waals surface area contributed by atoms with Gasteiger partial charge in [0.25, 0.3) is 0 Å². The third-order valence-electron chi connectivity index (χ3n) is 2.89. The van der Waals surface area contributed by atoms with Crippen molar-refractivity contribution in [3.63, 3.8) is 0 Å². The van der Waals surface area contributed by atoms with E-state index in [1.54, 1.807) is 6.33 Å². The van der Waals surface area contributed by atoms with E-state index in [2.05, 4.69) is 34.4 Å². The van der Waals surface area contributed by atoms with Gasteiger partial charge in [-0.1, -0.05) is 13.8 Å². The second-order valence-corrected chi connectivity index (χ2v) is 4.68. The highest BCUT2D eigenvalue weighted by Gasteiger charge is 2.14. The monoisotopic (exact) mass is 220 g/mol. The number of aromatic nitrogens is 2. The van der Waals surface area contributed by atoms with E-state index in [-0.39, 0.29) is 0 Å². The van der Waals surface area contributed by atoms with Gasteiger partial charge in [0, 0.05) is 31.6 Å². The lowest BCUT2D eigenvalue weighted by molar-refractivity contribution is 0.602. The summed E-state index contributed by atoms with van der Waals surface area (Å²) < 4.78 is 0. The summed E-state index contributed by atoms with van der Waals surface area (Å²) in [6.45, 7) is 7.37. The van der Waals surface area contributed by atoms with Gasteiger partial charge in [-0.05, 0) is 12.3 Å². The molecule has 0 bridgehead atoms. The third kappa shape index (κ3) is 2.70. The van der Waals surface area contributed by atoms with Crippen LogP contribution in [0.4, 0.5) is 5.82 Å². The lowest BCUT2D eigenvalue weighted by Crippen LogP contribution is -2.26. The molecule has 0 amide bonds. The summed E-state index contributed by atoms with van der Waals surface area (Å²) in [7, 11) is 0. The minimum atomic E-state index is 0.725. The van der Waals surface area contributed by atoms with Crippen molar-refractivity contribution in [2.24, 2.45) is 5.92 Å². The van der Waals surface area contributed by atoms with E-state index in [0.717, 1.165) is 37.8 Å². The Labute approximate surface area is 96.9 Å². The maximum absolute atomic E-state index is 4.33. The van der Waals surface area contributed by atoms with Gasteiger partial charge in [-0.3, -0.25) is 0 Å². The molecule has 1 aromatic heterocycles. The van der Waals surface area contributed by atoms with Crippen molar-refractivity contribution in [1.29, 1.82) is 0 Å². The topological polar surface area (TPSA) is 49.8 Å². The number of hydrogen-bond acceptors (Lipinski definition) is 4. The molecule has 0 unspecified atom stereocenters. The van der Waals surface area contributed by atoms with Crippen LogP contribution >= 0.6 is 0 Å². The molecule has 88 valence electrons. The lowest BCUT2D eigenvalue weighted by Gasteiger charge is -2.19. The van der Waals surface area contributed by atoms with Crippen LogP contribution in [0.15, 0.2) is 6.33 Å². The Morgan fingerprint density at radius 3 is 3.12 bits per heavy atom. The normalized spacial score (nSPS) is 14.9. The van der Waals surface area contributed by atoms with E-state index in [9.17, 15) is 0 Å². The zero-order chi connectivity index (χ0) is 11.4. The van der Waals surface area contributed by atoms with Gasteiger partial charge in [-0.15, -0.1) is 0 Å². The highest BCUT2D eigenvalue weighted by Crippen LogP contribution is 2.18. The minimum Gasteiger partial charge on any atom is -0.370 e. The fourth-order valence-electron chi connectivity index (χ4n) is 1.90. The molecule has 1 aliphatic heterocycles. The maximum atomic E-state index is 4.33. The first-order chi connectivity index (χ1) is 7.77. The van der Waals surface area contributed by atoms with Crippen LogP contribution < -0.4 is 10.6 Å². The molecule has 2 heterocycles. The average Bonchev–Trinajstić information content (AvgIpc) is 2.29. The molecule has 1 aromatic rings. The first kappa shape index (κ1) is 11.3. The fourth-order valence-corrected chi connectivity index (χ4v) is 1.90. The van der Waals surface area contributed by atoms with Crippen LogP contribution in [-0.2, 0) is 13.0 Å². The van der Waals surface area contributed by atoms with E-state index in [0.29, 0.717) is 0 Å². The Kier molecular flexibility index (Phi) is 3.72. The lowest BCUT2D eigenvalue weighted by atomic mass is 10.1. The van der Waals surface area contributed by atoms with Gasteiger partial charge in [0.15, 0.2) is 0 Å². The van der Waals surface area contributed by atoms with Crippen molar-refractivity contribution in [3.05, 3.63) is 17.6 Å². The fraction of sp³-hybridized carbons (Fsp3) is 0.667. The Hall–Kier alpha value is -1.16. The van der Waals surface area contributed by atoms with Gasteiger partial charge < -0.3 is 10.6 Å². The van der Waals surface area contributed by atoms with Crippen LogP contribution in [0, 0.1) is 5.92 Å². The first-order valence-electron chi connectivity index (χ1n) is 6.04. The molecule has 1 aliphatic rings. The predicted molar refractivity (Wildman–Crippen MR) is 65.4 cm³/mol. The van der Waals surface area contributed by atoms with Crippen LogP contribution in [0.2, 0.25) is 0 Å². The van der Waals surface area contributed by atoms with Crippen molar-refractivity contribution < 1.29 is 0 Å². The number of hydrogen-bond donors (Lipinski definition) is 2. The Balaban J connectivity index is 2.03. The zero-order valence-electron chi connectivity index (χ0n) is 10.1. The molecule has 0 saturated carbocycles. The van der Waals surface area contributed by atoms with Gasteiger partial charge in [-0.25, -0.2) is 9.97 Å². The average molecular weight is 220 g/mol. The van der Waals surface area contributed by atoms with Gasteiger partial charge in [0.1, 0.15) is 12.1 Å². The maximum Gasteiger partial charge on any atom is 0.134 e. The summed E-state index contributed by atoms with van der Waals surface area (Å²) in [4.78, 5) is 8.66. The van der Waals surface area contributed by atoms with Crippen molar-refractivity contribution in [3.8, 4) is 0 Å². The number of nitrogens with one attached hydrogen (secondary N) is 2. The molecule has 0 saturated heterocycles. The molecule has 16 heavy (non-hydrogen) atoms. The largest absolute Gasteiger partial charge is 0.370 e. The van der Waals surface area contributed by atoms with Crippen molar-refractivity contribution in [2.75, 3.05) is 18.4 Å². The van der Waals surface area contributed by atoms with E-state index < -0.39 is 0 Å². The van der Waals surface area contributed by atoms with E-state index in [4.69, 9.17) is 0 Å². The molecular weight excluding hydrogens is 200 g/mol. The standard InChI is InChI=1S/C12H20N4/c1-9(2)3-6-14-12-10-7-13-5-4-11(10)15-8-16-12/h8-9,13H,3-7H2,1-2H3,(H,14,15,16). The summed E-state index contributed by atoms with van der Waals surface area (Å²) in [5, 5.41) is 6.77. The molecule has 2 N–H and O–H groups in total. The summed E-state index contributed by atoms with van der Waals surface area (Å²) in [5.74, 6) is 1.74. The van der Waals surface area contributed by atoms with Gasteiger partial charge in [0.2, 0.25) is 0 Å². The molecule has 4 heteroatoms. The van der Waals surface area contributed by atoms with Crippen LogP contribution in [-0.4, -0.2) is 23.1 Å². The second kappa shape index (κ2) is 5.25. The highest BCUT2D eigenvalue weighted by atomic mass is 15.0. The van der Waals surface area contributed by atoms with Crippen molar-refractivity contribution in [2.45, 2.75) is 33.2 Å². The number of anilines is 1. The smallest absolute Gasteiger partial charge is 0.134 e. The van der Waals surface area contributed by atoms with Crippen LogP contribution in [0.25, 0.3) is 0 Å². The minimum absolute atomic E-state index is 0.725. The number of nitrogens with zero attached hydrogens (tertiary/aromatic N) is 2. The Morgan fingerprint density at radius 1 is 1.44 bits per heavy atom. The summed E-state index contributed by atoms with van der Waals surface area (Å²) in [6, 6.07) is 0. The summed E-state index contributed by atoms with van der Waals surface area (Å²) in [5.41, 5.74) is 2.44. The molecule has 0 atom stereocenters. The quantitative estimate of drug-likeness (QED) is 0.809. The first-order valence-corrected chi connectivity index (χ1v) is 6.04. The number of rotatable bonds is 4. The number of fused-ring (bicyclic) bond motifs is 1. The highest BCUT2D eigenvalue weighted by molar-refractivity contribution is 5.46. The Morgan fingerprint density at radius 2 is 2.31 bits per heavy atom.